The van der Waals surface area contributed by atoms with Crippen molar-refractivity contribution in [3.05, 3.63) is 22.7 Å². The van der Waals surface area contributed by atoms with Crippen molar-refractivity contribution in [2.75, 3.05) is 26.1 Å². The lowest BCUT2D eigenvalue weighted by atomic mass is 10.1. The molecule has 0 fully saturated rings. The average molecular weight is 442 g/mol. The van der Waals surface area contributed by atoms with Gasteiger partial charge in [-0.1, -0.05) is 19.6 Å². The number of imidazole rings is 1. The first-order chi connectivity index (χ1) is 11.9. The third kappa shape index (κ3) is 4.63. The van der Waals surface area contributed by atoms with Crippen LogP contribution in [0.4, 0.5) is 0 Å². The number of rotatable bonds is 7. The lowest BCUT2D eigenvalue weighted by Crippen LogP contribution is -2.25. The van der Waals surface area contributed by atoms with Crippen molar-refractivity contribution in [3.8, 4) is 0 Å². The molecule has 1 aliphatic rings. The first-order valence-electron chi connectivity index (χ1n) is 8.31. The van der Waals surface area contributed by atoms with Gasteiger partial charge in [0.15, 0.2) is 5.65 Å². The quantitative estimate of drug-likeness (QED) is 0.370. The van der Waals surface area contributed by atoms with Gasteiger partial charge in [0.1, 0.15) is 16.4 Å². The molecule has 1 atom stereocenters. The maximum absolute atomic E-state index is 5.81. The molecule has 6 nitrogen and oxygen atoms in total. The molecule has 0 spiro atoms. The Bertz CT molecular complexity index is 776. The summed E-state index contributed by atoms with van der Waals surface area (Å²) in [5, 5.41) is 7.40. The molecule has 1 unspecified atom stereocenters. The smallest absolute Gasteiger partial charge is 0.169 e. The van der Waals surface area contributed by atoms with Crippen molar-refractivity contribution in [2.45, 2.75) is 36.6 Å². The van der Waals surface area contributed by atoms with Gasteiger partial charge in [-0.25, -0.2) is 9.97 Å². The van der Waals surface area contributed by atoms with Crippen LogP contribution in [0.3, 0.4) is 0 Å². The topological polar surface area (TPSA) is 55.0 Å². The maximum atomic E-state index is 5.81. The number of halogens is 1. The third-order valence-electron chi connectivity index (χ3n) is 4.09. The van der Waals surface area contributed by atoms with Gasteiger partial charge in [-0.15, -0.1) is 11.8 Å². The fourth-order valence-electron chi connectivity index (χ4n) is 2.66. The summed E-state index contributed by atoms with van der Waals surface area (Å²) in [6.07, 6.45) is 7.89. The molecule has 0 aliphatic carbocycles. The molecule has 0 bridgehead atoms. The van der Waals surface area contributed by atoms with E-state index in [1.807, 2.05) is 29.9 Å². The average Bonchev–Trinajstić information content (AvgIpc) is 3.16. The normalized spacial score (nSPS) is 17.8. The van der Waals surface area contributed by atoms with Crippen LogP contribution in [0.15, 0.2) is 27.1 Å². The van der Waals surface area contributed by atoms with Crippen LogP contribution in [0.5, 0.6) is 0 Å². The van der Waals surface area contributed by atoms with Crippen LogP contribution in [0.25, 0.3) is 5.65 Å². The summed E-state index contributed by atoms with van der Waals surface area (Å²) in [6, 6.07) is 1.18. The molecule has 9 heteroatoms. The largest absolute Gasteiger partial charge is 0.360 e. The molecule has 25 heavy (non-hydrogen) atoms. The van der Waals surface area contributed by atoms with E-state index in [1.54, 1.807) is 11.8 Å². The highest BCUT2D eigenvalue weighted by Crippen LogP contribution is 2.27. The van der Waals surface area contributed by atoms with Gasteiger partial charge < -0.3 is 4.74 Å². The van der Waals surface area contributed by atoms with Gasteiger partial charge in [-0.05, 0) is 28.2 Å². The van der Waals surface area contributed by atoms with E-state index >= 15 is 0 Å². The number of ether oxygens (including phenoxy) is 1. The van der Waals surface area contributed by atoms with Gasteiger partial charge >= 0.3 is 0 Å². The fraction of sp³-hybridized carbons (Fsp3) is 0.562. The molecular formula is C16H24BrN5OSSi. The summed E-state index contributed by atoms with van der Waals surface area (Å²) in [5.41, 5.74) is 2.02. The predicted molar refractivity (Wildman–Crippen MR) is 109 cm³/mol. The Labute approximate surface area is 162 Å². The molecule has 2 aromatic rings. The predicted octanol–water partition coefficient (Wildman–Crippen LogP) is 3.91. The number of nitrogens with zero attached hydrogens (tertiary/aromatic N) is 5. The molecule has 2 aromatic heterocycles. The van der Waals surface area contributed by atoms with Crippen molar-refractivity contribution in [2.24, 2.45) is 5.10 Å². The zero-order valence-corrected chi connectivity index (χ0v) is 18.5. The first kappa shape index (κ1) is 18.9. The van der Waals surface area contributed by atoms with E-state index in [9.17, 15) is 0 Å². The molecule has 3 rings (SSSR count). The fourth-order valence-corrected chi connectivity index (χ4v) is 4.44. The summed E-state index contributed by atoms with van der Waals surface area (Å²) < 4.78 is 8.72. The number of hydrogen-bond acceptors (Lipinski definition) is 6. The summed E-state index contributed by atoms with van der Waals surface area (Å²) in [6.45, 7) is 9.27. The molecule has 0 aromatic carbocycles. The van der Waals surface area contributed by atoms with Gasteiger partial charge in [0.2, 0.25) is 0 Å². The molecule has 0 saturated heterocycles. The van der Waals surface area contributed by atoms with E-state index in [2.05, 4.69) is 55.0 Å². The van der Waals surface area contributed by atoms with Crippen LogP contribution in [0, 0.1) is 0 Å². The summed E-state index contributed by atoms with van der Waals surface area (Å²) in [5.74, 6) is 0.208. The minimum absolute atomic E-state index is 0.208. The van der Waals surface area contributed by atoms with Crippen molar-refractivity contribution in [1.82, 2.24) is 19.4 Å². The Hall–Kier alpha value is -0.903. The van der Waals surface area contributed by atoms with E-state index in [-0.39, 0.29) is 5.92 Å². The summed E-state index contributed by atoms with van der Waals surface area (Å²) in [4.78, 5) is 9.03. The molecule has 136 valence electrons. The van der Waals surface area contributed by atoms with Crippen molar-refractivity contribution < 1.29 is 4.74 Å². The second-order valence-electron chi connectivity index (χ2n) is 7.36. The second-order valence-corrected chi connectivity index (χ2v) is 14.6. The summed E-state index contributed by atoms with van der Waals surface area (Å²) >= 11 is 5.09. The third-order valence-corrected chi connectivity index (χ3v) is 6.83. The monoisotopic (exact) mass is 441 g/mol. The zero-order chi connectivity index (χ0) is 18.0. The Morgan fingerprint density at radius 3 is 2.92 bits per heavy atom. The molecule has 0 amide bonds. The number of aromatic nitrogens is 3. The van der Waals surface area contributed by atoms with Crippen LogP contribution in [-0.4, -0.2) is 59.8 Å². The minimum Gasteiger partial charge on any atom is -0.360 e. The van der Waals surface area contributed by atoms with Gasteiger partial charge in [-0.2, -0.15) is 5.10 Å². The number of hydrazone groups is 1. The van der Waals surface area contributed by atoms with Crippen molar-refractivity contribution in [1.29, 1.82) is 0 Å². The zero-order valence-electron chi connectivity index (χ0n) is 15.1. The molecule has 3 heterocycles. The highest BCUT2D eigenvalue weighted by molar-refractivity contribution is 9.10. The molecule has 1 aliphatic heterocycles. The Balaban J connectivity index is 1.64. The van der Waals surface area contributed by atoms with E-state index in [1.165, 1.54) is 6.04 Å². The van der Waals surface area contributed by atoms with Crippen molar-refractivity contribution >= 4 is 47.6 Å². The van der Waals surface area contributed by atoms with Crippen LogP contribution in [-0.2, 0) is 4.74 Å². The maximum Gasteiger partial charge on any atom is 0.169 e. The highest BCUT2D eigenvalue weighted by Gasteiger charge is 2.24. The Morgan fingerprint density at radius 2 is 2.20 bits per heavy atom. The highest BCUT2D eigenvalue weighted by atomic mass is 79.9. The van der Waals surface area contributed by atoms with E-state index in [0.29, 0.717) is 6.73 Å². The number of thioether (sulfide) groups is 1. The van der Waals surface area contributed by atoms with Crippen LogP contribution in [0.2, 0.25) is 25.7 Å². The number of fused-ring (bicyclic) bond motifs is 1. The lowest BCUT2D eigenvalue weighted by molar-refractivity contribution is 0.0418. The molecule has 0 N–H and O–H groups in total. The van der Waals surface area contributed by atoms with Crippen LogP contribution >= 0.6 is 27.7 Å². The van der Waals surface area contributed by atoms with Crippen LogP contribution in [0.1, 0.15) is 11.6 Å². The number of hydrogen-bond donors (Lipinski definition) is 0. The lowest BCUT2D eigenvalue weighted by Gasteiger charge is -2.19. The molecule has 0 saturated carbocycles. The first-order valence-corrected chi connectivity index (χ1v) is 14.0. The van der Waals surface area contributed by atoms with Gasteiger partial charge in [0, 0.05) is 27.1 Å². The Kier molecular flexibility index (Phi) is 5.87. The van der Waals surface area contributed by atoms with Crippen molar-refractivity contribution in [3.63, 3.8) is 0 Å². The van der Waals surface area contributed by atoms with E-state index < -0.39 is 8.07 Å². The van der Waals surface area contributed by atoms with Gasteiger partial charge in [-0.3, -0.25) is 9.41 Å². The summed E-state index contributed by atoms with van der Waals surface area (Å²) in [7, 11) is -1.04. The van der Waals surface area contributed by atoms with Gasteiger partial charge in [0.25, 0.3) is 0 Å². The Morgan fingerprint density at radius 1 is 1.40 bits per heavy atom. The second kappa shape index (κ2) is 7.77. The molecule has 0 radical (unpaired) electrons. The van der Waals surface area contributed by atoms with Crippen LogP contribution < -0.4 is 0 Å². The van der Waals surface area contributed by atoms with E-state index in [0.717, 1.165) is 34.1 Å². The standard InChI is InChI=1S/C16H24BrN5OSSi/c1-24-16-15-18-8-13(22(15)10-14(17)20-16)12-7-19-21(9-12)11-23-5-6-25(2,3)4/h7-8,10,12H,5-6,9,11H2,1-4H3. The SMILES string of the molecule is CSc1nc(Br)cn2c(C3C=NN(COCC[Si](C)(C)C)C3)cnc12. The van der Waals surface area contributed by atoms with Gasteiger partial charge in [0.05, 0.1) is 24.4 Å². The molecular weight excluding hydrogens is 418 g/mol. The van der Waals surface area contributed by atoms with E-state index in [4.69, 9.17) is 4.74 Å². The minimum atomic E-state index is -1.04.